The average Bonchev–Trinajstić information content (AvgIpc) is 2.78. The predicted octanol–water partition coefficient (Wildman–Crippen LogP) is 0.816. The summed E-state index contributed by atoms with van der Waals surface area (Å²) in [7, 11) is -1.49. The molecule has 0 spiro atoms. The molecule has 1 atom stereocenters. The lowest BCUT2D eigenvalue weighted by molar-refractivity contribution is -0.136. The van der Waals surface area contributed by atoms with E-state index in [2.05, 4.69) is 29.6 Å². The van der Waals surface area contributed by atoms with E-state index < -0.39 is 7.12 Å². The molecule has 0 aliphatic carbocycles. The van der Waals surface area contributed by atoms with Crippen molar-refractivity contribution in [2.24, 2.45) is 11.7 Å². The van der Waals surface area contributed by atoms with Crippen LogP contribution in [-0.2, 0) is 17.8 Å². The number of benzene rings is 2. The fraction of sp³-hybridized carbons (Fsp3) is 0.409. The van der Waals surface area contributed by atoms with E-state index >= 15 is 0 Å². The number of likely N-dealkylation sites (tertiary alicyclic amines) is 1. The first-order valence-corrected chi connectivity index (χ1v) is 10.4. The number of fused-ring (bicyclic) bond motifs is 1. The van der Waals surface area contributed by atoms with Crippen molar-refractivity contribution in [2.75, 3.05) is 25.0 Å². The van der Waals surface area contributed by atoms with Gasteiger partial charge in [-0.15, -0.1) is 0 Å². The molecule has 5 N–H and O–H groups in total. The molecule has 2 aliphatic rings. The van der Waals surface area contributed by atoms with Gasteiger partial charge in [0.1, 0.15) is 0 Å². The number of nitrogens with one attached hydrogen (secondary N) is 1. The molecule has 1 fully saturated rings. The highest BCUT2D eigenvalue weighted by atomic mass is 16.4. The molecule has 1 amide bonds. The summed E-state index contributed by atoms with van der Waals surface area (Å²) < 4.78 is 0. The number of carbonyl (C=O) groups is 1. The van der Waals surface area contributed by atoms with E-state index in [4.69, 9.17) is 5.73 Å². The number of rotatable bonds is 4. The fourth-order valence-corrected chi connectivity index (χ4v) is 4.53. The van der Waals surface area contributed by atoms with Crippen LogP contribution in [-0.4, -0.2) is 47.6 Å². The summed E-state index contributed by atoms with van der Waals surface area (Å²) in [5.74, 6) is 0.544. The van der Waals surface area contributed by atoms with Crippen LogP contribution in [0.5, 0.6) is 0 Å². The summed E-state index contributed by atoms with van der Waals surface area (Å²) in [5.41, 5.74) is 10.6. The Morgan fingerprint density at radius 2 is 1.97 bits per heavy atom. The first-order valence-electron chi connectivity index (χ1n) is 10.4. The molecule has 29 heavy (non-hydrogen) atoms. The fourth-order valence-electron chi connectivity index (χ4n) is 4.53. The zero-order chi connectivity index (χ0) is 20.4. The van der Waals surface area contributed by atoms with Crippen LogP contribution in [0.2, 0.25) is 0 Å². The van der Waals surface area contributed by atoms with Crippen molar-refractivity contribution < 1.29 is 14.8 Å². The molecule has 4 rings (SSSR count). The minimum absolute atomic E-state index is 0.120. The second-order valence-electron chi connectivity index (χ2n) is 8.12. The molecule has 0 bridgehead atoms. The minimum Gasteiger partial charge on any atom is -0.423 e. The molecule has 2 aromatic carbocycles. The van der Waals surface area contributed by atoms with Crippen LogP contribution in [0.3, 0.4) is 0 Å². The second kappa shape index (κ2) is 8.57. The summed E-state index contributed by atoms with van der Waals surface area (Å²) in [5, 5.41) is 22.1. The lowest BCUT2D eigenvalue weighted by atomic mass is 9.78. The largest absolute Gasteiger partial charge is 0.488 e. The van der Waals surface area contributed by atoms with Crippen molar-refractivity contribution in [2.45, 2.75) is 31.7 Å². The quantitative estimate of drug-likeness (QED) is 0.577. The van der Waals surface area contributed by atoms with Gasteiger partial charge in [-0.1, -0.05) is 36.4 Å². The molecule has 1 saturated heterocycles. The molecule has 0 radical (unpaired) electrons. The van der Waals surface area contributed by atoms with Gasteiger partial charge in [-0.05, 0) is 53.4 Å². The van der Waals surface area contributed by atoms with Gasteiger partial charge < -0.3 is 26.0 Å². The number of anilines is 1. The number of nitrogens with two attached hydrogens (primary N) is 1. The molecule has 2 heterocycles. The molecule has 2 aliphatic heterocycles. The van der Waals surface area contributed by atoms with Gasteiger partial charge >= 0.3 is 7.12 Å². The van der Waals surface area contributed by atoms with E-state index in [0.717, 1.165) is 42.7 Å². The van der Waals surface area contributed by atoms with Gasteiger partial charge in [0.05, 0.1) is 5.92 Å². The van der Waals surface area contributed by atoms with Crippen LogP contribution in [0.15, 0.2) is 42.5 Å². The third kappa shape index (κ3) is 4.32. The highest BCUT2D eigenvalue weighted by Gasteiger charge is 2.31. The number of carbonyl (C=O) groups excluding carboxylic acids is 1. The minimum atomic E-state index is -1.49. The number of amides is 1. The van der Waals surface area contributed by atoms with Gasteiger partial charge in [0.15, 0.2) is 0 Å². The summed E-state index contributed by atoms with van der Waals surface area (Å²) in [4.78, 5) is 15.1. The molecule has 6 nitrogen and oxygen atoms in total. The summed E-state index contributed by atoms with van der Waals surface area (Å²) in [6.07, 6.45) is 2.56. The zero-order valence-electron chi connectivity index (χ0n) is 16.6. The van der Waals surface area contributed by atoms with Gasteiger partial charge in [0.2, 0.25) is 5.91 Å². The Morgan fingerprint density at radius 3 is 2.69 bits per heavy atom. The zero-order valence-corrected chi connectivity index (χ0v) is 16.6. The van der Waals surface area contributed by atoms with Crippen molar-refractivity contribution in [3.05, 3.63) is 59.2 Å². The summed E-state index contributed by atoms with van der Waals surface area (Å²) in [6, 6.07) is 13.8. The van der Waals surface area contributed by atoms with Crippen molar-refractivity contribution in [1.29, 1.82) is 0 Å². The monoisotopic (exact) mass is 393 g/mol. The van der Waals surface area contributed by atoms with Crippen molar-refractivity contribution in [1.82, 2.24) is 4.90 Å². The maximum Gasteiger partial charge on any atom is 0.488 e. The maximum absolute atomic E-state index is 13.1. The lowest BCUT2D eigenvalue weighted by Crippen LogP contribution is -2.45. The van der Waals surface area contributed by atoms with Crippen molar-refractivity contribution in [3.8, 4) is 0 Å². The SMILES string of the molecule is NCc1cccc(C2CCN(C(=O)C3CNc4ccc(B(O)O)cc4C3)CC2)c1. The van der Waals surface area contributed by atoms with Crippen LogP contribution in [0.25, 0.3) is 0 Å². The van der Waals surface area contributed by atoms with Gasteiger partial charge in [-0.2, -0.15) is 0 Å². The molecule has 1 unspecified atom stereocenters. The van der Waals surface area contributed by atoms with Gasteiger partial charge in [-0.3, -0.25) is 4.79 Å². The number of nitrogens with zero attached hydrogens (tertiary/aromatic N) is 1. The number of piperidine rings is 1. The molecule has 152 valence electrons. The molecular formula is C22H28BN3O3. The topological polar surface area (TPSA) is 98.8 Å². The predicted molar refractivity (Wildman–Crippen MR) is 115 cm³/mol. The highest BCUT2D eigenvalue weighted by molar-refractivity contribution is 6.58. The summed E-state index contributed by atoms with van der Waals surface area (Å²) >= 11 is 0. The smallest absolute Gasteiger partial charge is 0.423 e. The van der Waals surface area contributed by atoms with E-state index in [9.17, 15) is 14.8 Å². The van der Waals surface area contributed by atoms with Crippen LogP contribution in [0.1, 0.15) is 35.4 Å². The van der Waals surface area contributed by atoms with Crippen LogP contribution >= 0.6 is 0 Å². The Labute approximate surface area is 171 Å². The van der Waals surface area contributed by atoms with Crippen molar-refractivity contribution in [3.63, 3.8) is 0 Å². The Balaban J connectivity index is 1.38. The molecule has 0 saturated carbocycles. The van der Waals surface area contributed by atoms with E-state index in [-0.39, 0.29) is 11.8 Å². The Hall–Kier alpha value is -2.35. The molecule has 2 aromatic rings. The van der Waals surface area contributed by atoms with Crippen molar-refractivity contribution >= 4 is 24.2 Å². The van der Waals surface area contributed by atoms with Gasteiger partial charge in [0, 0.05) is 31.9 Å². The Bertz CT molecular complexity index is 881. The normalized spacial score (nSPS) is 19.4. The third-order valence-corrected chi connectivity index (χ3v) is 6.25. The van der Waals surface area contributed by atoms with Crippen LogP contribution in [0.4, 0.5) is 5.69 Å². The van der Waals surface area contributed by atoms with Gasteiger partial charge in [-0.25, -0.2) is 0 Å². The standard InChI is InChI=1S/C22H28BN3O3/c24-13-15-2-1-3-17(10-15)16-6-8-26(9-7-16)22(27)19-11-18-12-20(23(28)29)4-5-21(18)25-14-19/h1-5,10,12,16,19,25,28-29H,6-9,11,13-14,24H2. The lowest BCUT2D eigenvalue weighted by Gasteiger charge is -2.36. The van der Waals surface area contributed by atoms with E-state index in [1.807, 2.05) is 11.0 Å². The maximum atomic E-state index is 13.1. The Morgan fingerprint density at radius 1 is 1.17 bits per heavy atom. The molecule has 0 aromatic heterocycles. The molecular weight excluding hydrogens is 365 g/mol. The Kier molecular flexibility index (Phi) is 5.90. The van der Waals surface area contributed by atoms with E-state index in [1.165, 1.54) is 5.56 Å². The number of hydrogen-bond acceptors (Lipinski definition) is 5. The number of hydrogen-bond donors (Lipinski definition) is 4. The van der Waals surface area contributed by atoms with Crippen LogP contribution in [0, 0.1) is 5.92 Å². The highest BCUT2D eigenvalue weighted by Crippen LogP contribution is 2.31. The molecule has 7 heteroatoms. The second-order valence-corrected chi connectivity index (χ2v) is 8.12. The van der Waals surface area contributed by atoms with Crippen LogP contribution < -0.4 is 16.5 Å². The first-order chi connectivity index (χ1) is 14.0. The summed E-state index contributed by atoms with van der Waals surface area (Å²) in [6.45, 7) is 2.71. The van der Waals surface area contributed by atoms with E-state index in [0.29, 0.717) is 30.9 Å². The average molecular weight is 393 g/mol. The van der Waals surface area contributed by atoms with Gasteiger partial charge in [0.25, 0.3) is 0 Å². The third-order valence-electron chi connectivity index (χ3n) is 6.25. The van der Waals surface area contributed by atoms with E-state index in [1.54, 1.807) is 12.1 Å². The first kappa shape index (κ1) is 19.9.